The van der Waals surface area contributed by atoms with Crippen LogP contribution in [0.4, 0.5) is 0 Å². The van der Waals surface area contributed by atoms with Crippen LogP contribution in [0.25, 0.3) is 0 Å². The number of hydrogen-bond donors (Lipinski definition) is 1. The highest BCUT2D eigenvalue weighted by Crippen LogP contribution is 2.15. The van der Waals surface area contributed by atoms with Gasteiger partial charge < -0.3 is 9.52 Å². The molecule has 1 aromatic rings. The zero-order valence-corrected chi connectivity index (χ0v) is 9.18. The fraction of sp³-hybridized carbons (Fsp3) is 0.800. The van der Waals surface area contributed by atoms with Crippen LogP contribution < -0.4 is 0 Å². The molecule has 2 heterocycles. The van der Waals surface area contributed by atoms with E-state index in [9.17, 15) is 5.11 Å². The maximum atomic E-state index is 9.36. The van der Waals surface area contributed by atoms with Gasteiger partial charge in [-0.15, -0.1) is 10.2 Å². The molecule has 1 aliphatic heterocycles. The first-order chi connectivity index (χ1) is 7.15. The Kier molecular flexibility index (Phi) is 3.02. The van der Waals surface area contributed by atoms with Crippen LogP contribution >= 0.6 is 0 Å². The monoisotopic (exact) mass is 211 g/mol. The quantitative estimate of drug-likeness (QED) is 0.799. The molecule has 5 heteroatoms. The number of hydrogen-bond acceptors (Lipinski definition) is 5. The Labute approximate surface area is 89.1 Å². The lowest BCUT2D eigenvalue weighted by atomic mass is 10.2. The number of β-amino-alcohol motifs (C(OH)–C–C–N with tert-alkyl or cyclic N) is 1. The number of nitrogens with zero attached hydrogens (tertiary/aromatic N) is 3. The predicted molar refractivity (Wildman–Crippen MR) is 54.3 cm³/mol. The van der Waals surface area contributed by atoms with Gasteiger partial charge in [0.15, 0.2) is 0 Å². The summed E-state index contributed by atoms with van der Waals surface area (Å²) < 4.78 is 5.50. The molecule has 0 spiro atoms. The number of aliphatic hydroxyl groups is 1. The third kappa shape index (κ3) is 2.54. The normalized spacial score (nSPS) is 22.8. The first-order valence-electron chi connectivity index (χ1n) is 5.38. The summed E-state index contributed by atoms with van der Waals surface area (Å²) in [5.41, 5.74) is 0. The van der Waals surface area contributed by atoms with Crippen LogP contribution in [0.2, 0.25) is 0 Å². The lowest BCUT2D eigenvalue weighted by Crippen LogP contribution is -2.21. The molecule has 0 aromatic carbocycles. The molecule has 0 bridgehead atoms. The van der Waals surface area contributed by atoms with Gasteiger partial charge >= 0.3 is 0 Å². The van der Waals surface area contributed by atoms with Crippen LogP contribution in [-0.2, 0) is 6.54 Å². The van der Waals surface area contributed by atoms with Crippen molar-refractivity contribution in [3.8, 4) is 0 Å². The number of aliphatic hydroxyl groups excluding tert-OH is 1. The molecular weight excluding hydrogens is 194 g/mol. The Hall–Kier alpha value is -0.940. The van der Waals surface area contributed by atoms with E-state index in [1.54, 1.807) is 0 Å². The first-order valence-corrected chi connectivity index (χ1v) is 5.38. The van der Waals surface area contributed by atoms with Gasteiger partial charge in [-0.25, -0.2) is 0 Å². The van der Waals surface area contributed by atoms with Crippen molar-refractivity contribution in [2.24, 2.45) is 0 Å². The number of rotatable bonds is 3. The Bertz CT molecular complexity index is 324. The Morgan fingerprint density at radius 2 is 2.33 bits per heavy atom. The van der Waals surface area contributed by atoms with Gasteiger partial charge in [-0.2, -0.15) is 0 Å². The Balaban J connectivity index is 1.93. The maximum absolute atomic E-state index is 9.36. The van der Waals surface area contributed by atoms with Crippen LogP contribution in [0.1, 0.15) is 38.0 Å². The van der Waals surface area contributed by atoms with Gasteiger partial charge in [0.05, 0.1) is 12.6 Å². The Morgan fingerprint density at radius 1 is 1.53 bits per heavy atom. The summed E-state index contributed by atoms with van der Waals surface area (Å²) in [6, 6.07) is 0. The summed E-state index contributed by atoms with van der Waals surface area (Å²) >= 11 is 0. The van der Waals surface area contributed by atoms with Crippen molar-refractivity contribution >= 4 is 0 Å². The van der Waals surface area contributed by atoms with Crippen LogP contribution in [0.15, 0.2) is 4.42 Å². The van der Waals surface area contributed by atoms with E-state index in [0.717, 1.165) is 13.0 Å². The van der Waals surface area contributed by atoms with Crippen molar-refractivity contribution < 1.29 is 9.52 Å². The van der Waals surface area contributed by atoms with Gasteiger partial charge in [0.2, 0.25) is 11.8 Å². The minimum absolute atomic E-state index is 0.197. The van der Waals surface area contributed by atoms with E-state index >= 15 is 0 Å². The molecule has 84 valence electrons. The fourth-order valence-electron chi connectivity index (χ4n) is 1.71. The van der Waals surface area contributed by atoms with E-state index in [1.165, 1.54) is 0 Å². The summed E-state index contributed by atoms with van der Waals surface area (Å²) in [6.07, 6.45) is 0.642. The van der Waals surface area contributed by atoms with E-state index in [4.69, 9.17) is 4.42 Å². The smallest absolute Gasteiger partial charge is 0.230 e. The van der Waals surface area contributed by atoms with Gasteiger partial charge in [-0.1, -0.05) is 13.8 Å². The van der Waals surface area contributed by atoms with Gasteiger partial charge in [-0.3, -0.25) is 4.90 Å². The molecule has 0 amide bonds. The molecule has 2 rings (SSSR count). The fourth-order valence-corrected chi connectivity index (χ4v) is 1.71. The minimum Gasteiger partial charge on any atom is -0.424 e. The van der Waals surface area contributed by atoms with Gasteiger partial charge in [0, 0.05) is 19.0 Å². The number of aromatic nitrogens is 2. The molecule has 1 fully saturated rings. The molecule has 1 atom stereocenters. The minimum atomic E-state index is -0.197. The SMILES string of the molecule is CC(C)c1nnc(CN2CC[C@H](O)C2)o1. The molecule has 0 saturated carbocycles. The average Bonchev–Trinajstić information content (AvgIpc) is 2.76. The molecule has 1 N–H and O–H groups in total. The lowest BCUT2D eigenvalue weighted by Gasteiger charge is -2.10. The molecular formula is C10H17N3O2. The number of likely N-dealkylation sites (tertiary alicyclic amines) is 1. The summed E-state index contributed by atoms with van der Waals surface area (Å²) in [5.74, 6) is 1.60. The van der Waals surface area contributed by atoms with Gasteiger partial charge in [0.1, 0.15) is 0 Å². The summed E-state index contributed by atoms with van der Waals surface area (Å²) in [7, 11) is 0. The lowest BCUT2D eigenvalue weighted by molar-refractivity contribution is 0.171. The van der Waals surface area contributed by atoms with Gasteiger partial charge in [-0.05, 0) is 6.42 Å². The van der Waals surface area contributed by atoms with Crippen molar-refractivity contribution in [2.75, 3.05) is 13.1 Å². The largest absolute Gasteiger partial charge is 0.424 e. The van der Waals surface area contributed by atoms with E-state index in [2.05, 4.69) is 15.1 Å². The summed E-state index contributed by atoms with van der Waals surface area (Å²) in [4.78, 5) is 2.13. The highest BCUT2D eigenvalue weighted by atomic mass is 16.4. The molecule has 15 heavy (non-hydrogen) atoms. The Morgan fingerprint density at radius 3 is 2.87 bits per heavy atom. The van der Waals surface area contributed by atoms with Crippen molar-refractivity contribution in [1.82, 2.24) is 15.1 Å². The topological polar surface area (TPSA) is 62.4 Å². The molecule has 0 radical (unpaired) electrons. The zero-order chi connectivity index (χ0) is 10.8. The molecule has 0 aliphatic carbocycles. The second-order valence-corrected chi connectivity index (χ2v) is 4.37. The molecule has 5 nitrogen and oxygen atoms in total. The summed E-state index contributed by atoms with van der Waals surface area (Å²) in [5, 5.41) is 17.3. The predicted octanol–water partition coefficient (Wildman–Crippen LogP) is 0.760. The van der Waals surface area contributed by atoms with Crippen LogP contribution in [0.3, 0.4) is 0 Å². The molecule has 1 aliphatic rings. The highest BCUT2D eigenvalue weighted by molar-refractivity contribution is 4.88. The van der Waals surface area contributed by atoms with Crippen molar-refractivity contribution in [3.05, 3.63) is 11.8 Å². The second kappa shape index (κ2) is 4.28. The van der Waals surface area contributed by atoms with Crippen molar-refractivity contribution in [1.29, 1.82) is 0 Å². The van der Waals surface area contributed by atoms with Crippen LogP contribution in [0, 0.1) is 0 Å². The second-order valence-electron chi connectivity index (χ2n) is 4.37. The first kappa shape index (κ1) is 10.6. The zero-order valence-electron chi connectivity index (χ0n) is 9.18. The van der Waals surface area contributed by atoms with E-state index in [-0.39, 0.29) is 12.0 Å². The van der Waals surface area contributed by atoms with E-state index in [0.29, 0.717) is 24.9 Å². The molecule has 1 saturated heterocycles. The average molecular weight is 211 g/mol. The summed E-state index contributed by atoms with van der Waals surface area (Å²) in [6.45, 7) is 6.31. The maximum Gasteiger partial charge on any atom is 0.230 e. The standard InChI is InChI=1S/C10H17N3O2/c1-7(2)10-12-11-9(15-10)6-13-4-3-8(14)5-13/h7-8,14H,3-6H2,1-2H3/t8-/m0/s1. The van der Waals surface area contributed by atoms with Gasteiger partial charge in [0.25, 0.3) is 0 Å². The highest BCUT2D eigenvalue weighted by Gasteiger charge is 2.22. The van der Waals surface area contributed by atoms with E-state index in [1.807, 2.05) is 13.8 Å². The third-order valence-electron chi connectivity index (χ3n) is 2.58. The third-order valence-corrected chi connectivity index (χ3v) is 2.58. The molecule has 0 unspecified atom stereocenters. The van der Waals surface area contributed by atoms with Crippen LogP contribution in [-0.4, -0.2) is 39.4 Å². The molecule has 1 aromatic heterocycles. The van der Waals surface area contributed by atoms with Crippen molar-refractivity contribution in [2.45, 2.75) is 38.8 Å². The van der Waals surface area contributed by atoms with Crippen molar-refractivity contribution in [3.63, 3.8) is 0 Å². The van der Waals surface area contributed by atoms with Crippen LogP contribution in [0.5, 0.6) is 0 Å². The van der Waals surface area contributed by atoms with E-state index < -0.39 is 0 Å².